The molecule has 2 aliphatic heterocycles. The van der Waals surface area contributed by atoms with Crippen molar-refractivity contribution >= 4 is 0 Å². The molecule has 0 amide bonds. The van der Waals surface area contributed by atoms with Crippen LogP contribution in [0.1, 0.15) is 31.7 Å². The summed E-state index contributed by atoms with van der Waals surface area (Å²) >= 11 is 0. The Labute approximate surface area is 126 Å². The summed E-state index contributed by atoms with van der Waals surface area (Å²) in [5.74, 6) is 0.814. The first-order valence-corrected chi connectivity index (χ1v) is 8.03. The van der Waals surface area contributed by atoms with Gasteiger partial charge in [0.1, 0.15) is 18.5 Å². The fraction of sp³-hybridized carbons (Fsp3) is 0.647. The van der Waals surface area contributed by atoms with Crippen LogP contribution in [0, 0.1) is 0 Å². The number of aliphatic hydroxyl groups is 1. The Morgan fingerprint density at radius 2 is 2.14 bits per heavy atom. The first-order chi connectivity index (χ1) is 10.2. The second-order valence-electron chi connectivity index (χ2n) is 6.09. The highest BCUT2D eigenvalue weighted by atomic mass is 16.5. The van der Waals surface area contributed by atoms with Crippen LogP contribution >= 0.6 is 0 Å². The zero-order chi connectivity index (χ0) is 14.7. The van der Waals surface area contributed by atoms with E-state index in [1.165, 1.54) is 12.0 Å². The van der Waals surface area contributed by atoms with Crippen molar-refractivity contribution in [3.8, 4) is 5.75 Å². The minimum atomic E-state index is -0.491. The first-order valence-electron chi connectivity index (χ1n) is 8.03. The molecule has 2 aliphatic rings. The van der Waals surface area contributed by atoms with E-state index in [4.69, 9.17) is 9.47 Å². The van der Waals surface area contributed by atoms with Crippen LogP contribution in [-0.4, -0.2) is 42.6 Å². The predicted molar refractivity (Wildman–Crippen MR) is 81.6 cm³/mol. The van der Waals surface area contributed by atoms with Crippen LogP contribution in [0.2, 0.25) is 0 Å². The molecule has 2 bridgehead atoms. The van der Waals surface area contributed by atoms with Gasteiger partial charge < -0.3 is 19.9 Å². The highest BCUT2D eigenvalue weighted by Gasteiger charge is 2.40. The van der Waals surface area contributed by atoms with Crippen molar-refractivity contribution < 1.29 is 14.6 Å². The van der Waals surface area contributed by atoms with Gasteiger partial charge in [-0.1, -0.05) is 19.1 Å². The van der Waals surface area contributed by atoms with Gasteiger partial charge in [-0.05, 0) is 43.4 Å². The van der Waals surface area contributed by atoms with Crippen LogP contribution in [-0.2, 0) is 11.2 Å². The summed E-state index contributed by atoms with van der Waals surface area (Å²) in [6, 6.07) is 8.45. The summed E-state index contributed by atoms with van der Waals surface area (Å²) in [4.78, 5) is 0. The Kier molecular flexibility index (Phi) is 4.78. The maximum absolute atomic E-state index is 10.0. The molecule has 4 unspecified atom stereocenters. The Morgan fingerprint density at radius 3 is 2.76 bits per heavy atom. The summed E-state index contributed by atoms with van der Waals surface area (Å²) in [7, 11) is 0. The number of rotatable bonds is 7. The molecule has 2 heterocycles. The zero-order valence-corrected chi connectivity index (χ0v) is 12.6. The second-order valence-corrected chi connectivity index (χ2v) is 6.09. The minimum absolute atomic E-state index is 0.320. The number of aryl methyl sites for hydroxylation is 1. The fourth-order valence-electron chi connectivity index (χ4n) is 3.21. The average molecular weight is 291 g/mol. The van der Waals surface area contributed by atoms with Crippen LogP contribution in [0.5, 0.6) is 5.75 Å². The molecule has 4 nitrogen and oxygen atoms in total. The lowest BCUT2D eigenvalue weighted by molar-refractivity contribution is 0.0853. The molecule has 1 aromatic carbocycles. The average Bonchev–Trinajstić information content (AvgIpc) is 3.14. The molecule has 0 aromatic heterocycles. The number of benzene rings is 1. The van der Waals surface area contributed by atoms with Gasteiger partial charge in [-0.25, -0.2) is 0 Å². The lowest BCUT2D eigenvalue weighted by atomic mass is 9.95. The fourth-order valence-corrected chi connectivity index (χ4v) is 3.21. The molecule has 116 valence electrons. The molecule has 2 fully saturated rings. The van der Waals surface area contributed by atoms with Crippen molar-refractivity contribution in [3.05, 3.63) is 29.8 Å². The molecule has 4 heteroatoms. The van der Waals surface area contributed by atoms with E-state index in [1.807, 2.05) is 12.1 Å². The maximum Gasteiger partial charge on any atom is 0.119 e. The normalized spacial score (nSPS) is 28.8. The molecule has 0 saturated carbocycles. The second kappa shape index (κ2) is 6.77. The molecule has 0 aliphatic carbocycles. The number of nitrogens with one attached hydrogen (secondary N) is 1. The number of hydrogen-bond acceptors (Lipinski definition) is 4. The molecule has 21 heavy (non-hydrogen) atoms. The van der Waals surface area contributed by atoms with Crippen LogP contribution < -0.4 is 10.1 Å². The summed E-state index contributed by atoms with van der Waals surface area (Å²) < 4.78 is 11.4. The molecule has 2 saturated heterocycles. The molecule has 2 N–H and O–H groups in total. The molecule has 0 spiro atoms. The highest BCUT2D eigenvalue weighted by molar-refractivity contribution is 5.27. The van der Waals surface area contributed by atoms with Crippen LogP contribution in [0.15, 0.2) is 24.3 Å². The lowest BCUT2D eigenvalue weighted by Gasteiger charge is -2.22. The number of ether oxygens (including phenoxy) is 2. The molecule has 4 atom stereocenters. The van der Waals surface area contributed by atoms with E-state index < -0.39 is 6.10 Å². The van der Waals surface area contributed by atoms with Crippen LogP contribution in [0.4, 0.5) is 0 Å². The van der Waals surface area contributed by atoms with E-state index in [0.29, 0.717) is 31.4 Å². The van der Waals surface area contributed by atoms with E-state index in [-0.39, 0.29) is 0 Å². The van der Waals surface area contributed by atoms with Gasteiger partial charge in [0.2, 0.25) is 0 Å². The van der Waals surface area contributed by atoms with Crippen molar-refractivity contribution in [1.29, 1.82) is 0 Å². The monoisotopic (exact) mass is 291 g/mol. The third kappa shape index (κ3) is 3.76. The number of fused-ring (bicyclic) bond motifs is 2. The standard InChI is InChI=1S/C17H25NO3/c1-2-12-3-5-14(6-4-12)20-11-13(19)10-18-16-9-15-7-8-17(16)21-15/h3-6,13,15-19H,2,7-11H2,1H3. The van der Waals surface area contributed by atoms with Crippen molar-refractivity contribution in [3.63, 3.8) is 0 Å². The van der Waals surface area contributed by atoms with E-state index in [1.54, 1.807) is 0 Å². The number of hydrogen-bond donors (Lipinski definition) is 2. The van der Waals surface area contributed by atoms with Crippen molar-refractivity contribution in [2.24, 2.45) is 0 Å². The van der Waals surface area contributed by atoms with E-state index >= 15 is 0 Å². The van der Waals surface area contributed by atoms with Crippen molar-refractivity contribution in [2.75, 3.05) is 13.2 Å². The van der Waals surface area contributed by atoms with Gasteiger partial charge >= 0.3 is 0 Å². The molecule has 3 rings (SSSR count). The quantitative estimate of drug-likeness (QED) is 0.805. The van der Waals surface area contributed by atoms with Crippen LogP contribution in [0.25, 0.3) is 0 Å². The van der Waals surface area contributed by atoms with Gasteiger partial charge in [0, 0.05) is 12.6 Å². The maximum atomic E-state index is 10.0. The Morgan fingerprint density at radius 1 is 1.33 bits per heavy atom. The summed E-state index contributed by atoms with van der Waals surface area (Å²) in [6.07, 6.45) is 4.76. The highest BCUT2D eigenvalue weighted by Crippen LogP contribution is 2.34. The Bertz CT molecular complexity index is 448. The summed E-state index contributed by atoms with van der Waals surface area (Å²) in [5, 5.41) is 13.4. The van der Waals surface area contributed by atoms with Gasteiger partial charge in [-0.3, -0.25) is 0 Å². The molecule has 1 aromatic rings. The van der Waals surface area contributed by atoms with Crippen molar-refractivity contribution in [2.45, 2.75) is 57.0 Å². The minimum Gasteiger partial charge on any atom is -0.491 e. The van der Waals surface area contributed by atoms with Gasteiger partial charge in [-0.15, -0.1) is 0 Å². The third-order valence-corrected chi connectivity index (χ3v) is 4.50. The molecular weight excluding hydrogens is 266 g/mol. The van der Waals surface area contributed by atoms with Crippen molar-refractivity contribution in [1.82, 2.24) is 5.32 Å². The smallest absolute Gasteiger partial charge is 0.119 e. The summed E-state index contributed by atoms with van der Waals surface area (Å²) in [6.45, 7) is 3.01. The summed E-state index contributed by atoms with van der Waals surface area (Å²) in [5.41, 5.74) is 1.29. The third-order valence-electron chi connectivity index (χ3n) is 4.50. The largest absolute Gasteiger partial charge is 0.491 e. The predicted octanol–water partition coefficient (Wildman–Crippen LogP) is 1.90. The van der Waals surface area contributed by atoms with Gasteiger partial charge in [-0.2, -0.15) is 0 Å². The molecule has 0 radical (unpaired) electrons. The Hall–Kier alpha value is -1.10. The zero-order valence-electron chi connectivity index (χ0n) is 12.6. The SMILES string of the molecule is CCc1ccc(OCC(O)CNC2CC3CCC2O3)cc1. The van der Waals surface area contributed by atoms with Gasteiger partial charge in [0.15, 0.2) is 0 Å². The first kappa shape index (κ1) is 14.8. The van der Waals surface area contributed by atoms with E-state index in [9.17, 15) is 5.11 Å². The lowest BCUT2D eigenvalue weighted by Crippen LogP contribution is -2.42. The van der Waals surface area contributed by atoms with Gasteiger partial charge in [0.05, 0.1) is 12.2 Å². The van der Waals surface area contributed by atoms with Crippen LogP contribution in [0.3, 0.4) is 0 Å². The Balaban J connectivity index is 1.37. The van der Waals surface area contributed by atoms with E-state index in [0.717, 1.165) is 25.0 Å². The molecular formula is C17H25NO3. The number of aliphatic hydroxyl groups excluding tert-OH is 1. The van der Waals surface area contributed by atoms with Gasteiger partial charge in [0.25, 0.3) is 0 Å². The van der Waals surface area contributed by atoms with E-state index in [2.05, 4.69) is 24.4 Å². The topological polar surface area (TPSA) is 50.7 Å².